The molecule has 0 aliphatic rings. The fourth-order valence-corrected chi connectivity index (χ4v) is 3.74. The maximum absolute atomic E-state index is 11.4. The normalized spacial score (nSPS) is 10.7. The Morgan fingerprint density at radius 3 is 2.53 bits per heavy atom. The van der Waals surface area contributed by atoms with Crippen LogP contribution in [-0.2, 0) is 9.59 Å². The average molecular weight is 320 g/mol. The van der Waals surface area contributed by atoms with Crippen molar-refractivity contribution in [3.05, 3.63) is 0 Å². The highest BCUT2D eigenvalue weighted by atomic mass is 32.2. The van der Waals surface area contributed by atoms with Crippen molar-refractivity contribution in [3.63, 3.8) is 0 Å². The van der Waals surface area contributed by atoms with Gasteiger partial charge in [-0.2, -0.15) is 0 Å². The van der Waals surface area contributed by atoms with E-state index in [1.165, 1.54) is 23.1 Å². The molecule has 0 radical (unpaired) electrons. The summed E-state index contributed by atoms with van der Waals surface area (Å²) in [5, 5.41) is 10.5. The molecule has 6 nitrogen and oxygen atoms in total. The molecule has 1 rings (SSSR count). The van der Waals surface area contributed by atoms with Gasteiger partial charge in [0.2, 0.25) is 11.8 Å². The molecule has 0 atom stereocenters. The first-order valence-electron chi connectivity index (χ1n) is 5.61. The van der Waals surface area contributed by atoms with E-state index in [4.69, 9.17) is 5.73 Å². The zero-order chi connectivity index (χ0) is 14.3. The van der Waals surface area contributed by atoms with E-state index in [9.17, 15) is 9.59 Å². The molecule has 3 N–H and O–H groups in total. The summed E-state index contributed by atoms with van der Waals surface area (Å²) in [4.78, 5) is 21.8. The van der Waals surface area contributed by atoms with E-state index in [1.54, 1.807) is 11.8 Å². The Balaban J connectivity index is 2.29. The maximum atomic E-state index is 11.4. The number of nitrogens with zero attached hydrogens (tertiary/aromatic N) is 2. The minimum Gasteiger partial charge on any atom is -0.368 e. The lowest BCUT2D eigenvalue weighted by atomic mass is 10.3. The first-order valence-corrected chi connectivity index (χ1v) is 8.40. The first kappa shape index (κ1) is 16.3. The molecule has 0 aromatic carbocycles. The quantitative estimate of drug-likeness (QED) is 0.693. The van der Waals surface area contributed by atoms with Crippen LogP contribution in [0.5, 0.6) is 0 Å². The van der Waals surface area contributed by atoms with Crippen molar-refractivity contribution in [1.29, 1.82) is 0 Å². The van der Waals surface area contributed by atoms with E-state index in [1.807, 2.05) is 0 Å². The summed E-state index contributed by atoms with van der Waals surface area (Å²) >= 11 is 4.44. The minimum absolute atomic E-state index is 0.134. The number of nitrogens with two attached hydrogens (primary N) is 1. The van der Waals surface area contributed by atoms with Crippen molar-refractivity contribution in [2.75, 3.05) is 18.1 Å². The fourth-order valence-electron chi connectivity index (χ4n) is 0.916. The minimum atomic E-state index is -0.554. The van der Waals surface area contributed by atoms with Gasteiger partial charge in [0.25, 0.3) is 0 Å². The number of carbonyl (C=O) groups excluding carboxylic acids is 2. The number of primary amides is 1. The molecule has 9 heteroatoms. The summed E-state index contributed by atoms with van der Waals surface area (Å²) in [6.45, 7) is 4.16. The van der Waals surface area contributed by atoms with Crippen molar-refractivity contribution >= 4 is 46.7 Å². The first-order chi connectivity index (χ1) is 8.97. The van der Waals surface area contributed by atoms with E-state index in [0.717, 1.165) is 14.4 Å². The highest BCUT2D eigenvalue weighted by Gasteiger charge is 2.09. The highest BCUT2D eigenvalue weighted by molar-refractivity contribution is 8.03. The standard InChI is InChI=1S/C10H16N4O2S3/c1-6(2)4-17-9-13-14-10(19-9)18-5-8(16)12-3-7(11)15/h6H,3-5H2,1-2H3,(H2,11,15)(H,12,16). The number of rotatable bonds is 8. The van der Waals surface area contributed by atoms with Gasteiger partial charge in [-0.3, -0.25) is 9.59 Å². The van der Waals surface area contributed by atoms with E-state index in [-0.39, 0.29) is 18.2 Å². The van der Waals surface area contributed by atoms with Crippen molar-refractivity contribution in [3.8, 4) is 0 Å². The largest absolute Gasteiger partial charge is 0.368 e. The second-order valence-electron chi connectivity index (χ2n) is 4.07. The number of aromatic nitrogens is 2. The SMILES string of the molecule is CC(C)CSc1nnc(SCC(=O)NCC(N)=O)s1. The van der Waals surface area contributed by atoms with Crippen LogP contribution < -0.4 is 11.1 Å². The van der Waals surface area contributed by atoms with Crippen LogP contribution >= 0.6 is 34.9 Å². The molecule has 0 aliphatic heterocycles. The van der Waals surface area contributed by atoms with Crippen molar-refractivity contribution in [2.24, 2.45) is 11.7 Å². The van der Waals surface area contributed by atoms with Gasteiger partial charge in [-0.25, -0.2) is 0 Å². The van der Waals surface area contributed by atoms with E-state index in [0.29, 0.717) is 5.92 Å². The van der Waals surface area contributed by atoms with Crippen molar-refractivity contribution in [1.82, 2.24) is 15.5 Å². The number of carbonyl (C=O) groups is 2. The average Bonchev–Trinajstić information content (AvgIpc) is 2.79. The van der Waals surface area contributed by atoms with Gasteiger partial charge in [-0.05, 0) is 5.92 Å². The Kier molecular flexibility index (Phi) is 7.17. The topological polar surface area (TPSA) is 98.0 Å². The van der Waals surface area contributed by atoms with Crippen molar-refractivity contribution < 1.29 is 9.59 Å². The predicted molar refractivity (Wildman–Crippen MR) is 78.4 cm³/mol. The molecular formula is C10H16N4O2S3. The second-order valence-corrected chi connectivity index (χ2v) is 7.54. The Labute approximate surface area is 124 Å². The van der Waals surface area contributed by atoms with Crippen LogP contribution in [0.15, 0.2) is 8.68 Å². The third-order valence-electron chi connectivity index (χ3n) is 1.71. The Hall–Kier alpha value is -0.800. The summed E-state index contributed by atoms with van der Waals surface area (Å²) in [6.07, 6.45) is 0. The molecular weight excluding hydrogens is 304 g/mol. The summed E-state index contributed by atoms with van der Waals surface area (Å²) < 4.78 is 1.66. The van der Waals surface area contributed by atoms with E-state index < -0.39 is 5.91 Å². The molecule has 1 heterocycles. The zero-order valence-electron chi connectivity index (χ0n) is 10.7. The third kappa shape index (κ3) is 7.38. The lowest BCUT2D eigenvalue weighted by molar-refractivity contribution is -0.123. The summed E-state index contributed by atoms with van der Waals surface area (Å²) in [5.41, 5.74) is 4.93. The number of nitrogens with one attached hydrogen (secondary N) is 1. The fraction of sp³-hybridized carbons (Fsp3) is 0.600. The second kappa shape index (κ2) is 8.39. The molecule has 0 bridgehead atoms. The molecule has 0 saturated heterocycles. The number of thioether (sulfide) groups is 2. The molecule has 1 aromatic heterocycles. The van der Waals surface area contributed by atoms with Gasteiger partial charge >= 0.3 is 0 Å². The summed E-state index contributed by atoms with van der Waals surface area (Å²) in [6, 6.07) is 0. The summed E-state index contributed by atoms with van der Waals surface area (Å²) in [5.74, 6) is 1.01. The maximum Gasteiger partial charge on any atom is 0.236 e. The molecule has 0 saturated carbocycles. The Bertz CT molecular complexity index is 436. The van der Waals surface area contributed by atoms with Gasteiger partial charge in [0.15, 0.2) is 8.68 Å². The van der Waals surface area contributed by atoms with E-state index >= 15 is 0 Å². The predicted octanol–water partition coefficient (Wildman–Crippen LogP) is 0.980. The van der Waals surface area contributed by atoms with E-state index in [2.05, 4.69) is 29.4 Å². The number of hydrogen-bond donors (Lipinski definition) is 2. The number of hydrogen-bond acceptors (Lipinski definition) is 7. The van der Waals surface area contributed by atoms with Crippen LogP contribution in [0.4, 0.5) is 0 Å². The Morgan fingerprint density at radius 1 is 1.32 bits per heavy atom. The van der Waals surface area contributed by atoms with Gasteiger partial charge in [0.05, 0.1) is 12.3 Å². The van der Waals surface area contributed by atoms with Crippen molar-refractivity contribution in [2.45, 2.75) is 22.5 Å². The van der Waals surface area contributed by atoms with Gasteiger partial charge in [0.1, 0.15) is 0 Å². The molecule has 2 amide bonds. The van der Waals surface area contributed by atoms with Crippen LogP contribution in [0.25, 0.3) is 0 Å². The smallest absolute Gasteiger partial charge is 0.236 e. The molecule has 0 spiro atoms. The van der Waals surface area contributed by atoms with Crippen LogP contribution in [0.2, 0.25) is 0 Å². The molecule has 0 aliphatic carbocycles. The molecule has 19 heavy (non-hydrogen) atoms. The van der Waals surface area contributed by atoms with Crippen LogP contribution in [0.1, 0.15) is 13.8 Å². The zero-order valence-corrected chi connectivity index (χ0v) is 13.2. The monoisotopic (exact) mass is 320 g/mol. The molecule has 0 fully saturated rings. The number of amides is 2. The lowest BCUT2D eigenvalue weighted by Gasteiger charge is -2.00. The molecule has 0 unspecified atom stereocenters. The van der Waals surface area contributed by atoms with Gasteiger partial charge in [-0.15, -0.1) is 10.2 Å². The molecule has 1 aromatic rings. The highest BCUT2D eigenvalue weighted by Crippen LogP contribution is 2.29. The van der Waals surface area contributed by atoms with Crippen LogP contribution in [0.3, 0.4) is 0 Å². The van der Waals surface area contributed by atoms with Crippen LogP contribution in [-0.4, -0.2) is 40.1 Å². The summed E-state index contributed by atoms with van der Waals surface area (Å²) in [7, 11) is 0. The lowest BCUT2D eigenvalue weighted by Crippen LogP contribution is -2.34. The Morgan fingerprint density at radius 2 is 1.95 bits per heavy atom. The van der Waals surface area contributed by atoms with Gasteiger partial charge in [0, 0.05) is 5.75 Å². The van der Waals surface area contributed by atoms with Crippen LogP contribution in [0, 0.1) is 5.92 Å². The third-order valence-corrected chi connectivity index (χ3v) is 5.33. The van der Waals surface area contributed by atoms with Gasteiger partial charge < -0.3 is 11.1 Å². The van der Waals surface area contributed by atoms with Gasteiger partial charge in [-0.1, -0.05) is 48.7 Å². The molecule has 106 valence electrons.